The van der Waals surface area contributed by atoms with Crippen molar-refractivity contribution >= 4 is 81.1 Å². The highest BCUT2D eigenvalue weighted by molar-refractivity contribution is 7.26. The highest BCUT2D eigenvalue weighted by Crippen LogP contribution is 2.48. The molecule has 0 bridgehead atoms. The number of anilines is 3. The Labute approximate surface area is 328 Å². The van der Waals surface area contributed by atoms with Gasteiger partial charge in [0.25, 0.3) is 0 Å². The van der Waals surface area contributed by atoms with E-state index in [2.05, 4.69) is 193 Å². The van der Waals surface area contributed by atoms with Gasteiger partial charge in [0.2, 0.25) is 0 Å². The zero-order valence-electron chi connectivity index (χ0n) is 30.3. The van der Waals surface area contributed by atoms with Gasteiger partial charge >= 0.3 is 0 Å². The van der Waals surface area contributed by atoms with E-state index >= 15 is 0 Å². The van der Waals surface area contributed by atoms with Gasteiger partial charge in [0.15, 0.2) is 0 Å². The quantitative estimate of drug-likeness (QED) is 0.159. The Kier molecular flexibility index (Phi) is 7.68. The molecule has 0 N–H and O–H groups in total. The first-order valence-electron chi connectivity index (χ1n) is 18.9. The molecule has 262 valence electrons. The van der Waals surface area contributed by atoms with Crippen LogP contribution in [0.2, 0.25) is 0 Å². The standard InChI is InChI=1S/C52H33N3S/c1-5-15-35(16-6-1)49-50(36-17-7-2-8-18-36)54-51-44(53-49)31-28-34-25-26-37-33-38(27-29-41(37)47(34)51)42-30-32-45(52-48(42)43-23-13-14-24-46(43)56-52)55(39-19-9-3-10-20-39)40-21-11-4-12-22-40/h1-33H. The predicted octanol–water partition coefficient (Wildman–Crippen LogP) is 14.8. The summed E-state index contributed by atoms with van der Waals surface area (Å²) >= 11 is 1.86. The lowest BCUT2D eigenvalue weighted by molar-refractivity contribution is 1.30. The normalized spacial score (nSPS) is 11.6. The third-order valence-electron chi connectivity index (χ3n) is 10.8. The van der Waals surface area contributed by atoms with E-state index in [4.69, 9.17) is 9.97 Å². The zero-order chi connectivity index (χ0) is 37.0. The molecule has 56 heavy (non-hydrogen) atoms. The largest absolute Gasteiger partial charge is 0.309 e. The van der Waals surface area contributed by atoms with Crippen LogP contribution in [0.15, 0.2) is 200 Å². The summed E-state index contributed by atoms with van der Waals surface area (Å²) in [5.41, 5.74) is 11.5. The van der Waals surface area contributed by atoms with Crippen LogP contribution in [0.4, 0.5) is 17.1 Å². The molecule has 4 heteroatoms. The molecule has 0 aliphatic rings. The fraction of sp³-hybridized carbons (Fsp3) is 0. The molecule has 2 heterocycles. The molecule has 0 fully saturated rings. The van der Waals surface area contributed by atoms with Crippen LogP contribution < -0.4 is 4.90 Å². The number of rotatable bonds is 6. The van der Waals surface area contributed by atoms with Gasteiger partial charge in [-0.25, -0.2) is 9.97 Å². The lowest BCUT2D eigenvalue weighted by Gasteiger charge is -2.26. The summed E-state index contributed by atoms with van der Waals surface area (Å²) in [5, 5.41) is 7.16. The second-order valence-corrected chi connectivity index (χ2v) is 15.2. The molecule has 0 radical (unpaired) electrons. The number of fused-ring (bicyclic) bond motifs is 8. The summed E-state index contributed by atoms with van der Waals surface area (Å²) in [7, 11) is 0. The monoisotopic (exact) mass is 731 g/mol. The third kappa shape index (κ3) is 5.34. The van der Waals surface area contributed by atoms with Gasteiger partial charge < -0.3 is 4.90 Å². The van der Waals surface area contributed by atoms with Crippen molar-refractivity contribution in [3.63, 3.8) is 0 Å². The number of nitrogens with zero attached hydrogens (tertiary/aromatic N) is 3. The number of benzene rings is 9. The minimum Gasteiger partial charge on any atom is -0.309 e. The van der Waals surface area contributed by atoms with Crippen LogP contribution in [-0.4, -0.2) is 9.97 Å². The van der Waals surface area contributed by atoms with Gasteiger partial charge in [-0.1, -0.05) is 152 Å². The van der Waals surface area contributed by atoms with Crippen molar-refractivity contribution in [2.24, 2.45) is 0 Å². The van der Waals surface area contributed by atoms with E-state index in [0.717, 1.165) is 55.7 Å². The number of hydrogen-bond donors (Lipinski definition) is 0. The van der Waals surface area contributed by atoms with Gasteiger partial charge in [-0.15, -0.1) is 11.3 Å². The maximum atomic E-state index is 5.46. The summed E-state index contributed by atoms with van der Waals surface area (Å²) in [6.45, 7) is 0. The minimum absolute atomic E-state index is 0.885. The summed E-state index contributed by atoms with van der Waals surface area (Å²) in [5.74, 6) is 0. The van der Waals surface area contributed by atoms with Crippen molar-refractivity contribution in [3.8, 4) is 33.6 Å². The second kappa shape index (κ2) is 13.3. The van der Waals surface area contributed by atoms with Gasteiger partial charge in [-0.3, -0.25) is 0 Å². The molecule has 3 nitrogen and oxygen atoms in total. The number of thiophene rings is 1. The predicted molar refractivity (Wildman–Crippen MR) is 238 cm³/mol. The van der Waals surface area contributed by atoms with Crippen LogP contribution in [0.5, 0.6) is 0 Å². The van der Waals surface area contributed by atoms with Gasteiger partial charge in [-0.2, -0.15) is 0 Å². The minimum atomic E-state index is 0.885. The molecule has 11 aromatic rings. The SMILES string of the molecule is c1ccc(-c2nc3ccc4ccc5cc(-c6ccc(N(c7ccccc7)c7ccccc7)c7sc8ccccc8c67)ccc5c4c3nc2-c2ccccc2)cc1. The molecular formula is C52H33N3S. The molecule has 0 unspecified atom stereocenters. The molecule has 0 spiro atoms. The van der Waals surface area contributed by atoms with E-state index in [9.17, 15) is 0 Å². The molecule has 0 aliphatic carbocycles. The second-order valence-electron chi connectivity index (χ2n) is 14.1. The Balaban J connectivity index is 1.13. The van der Waals surface area contributed by atoms with E-state index < -0.39 is 0 Å². The fourth-order valence-corrected chi connectivity index (χ4v) is 9.47. The van der Waals surface area contributed by atoms with Crippen molar-refractivity contribution < 1.29 is 0 Å². The average Bonchev–Trinajstić information content (AvgIpc) is 3.67. The van der Waals surface area contributed by atoms with Crippen molar-refractivity contribution in [1.82, 2.24) is 9.97 Å². The third-order valence-corrected chi connectivity index (χ3v) is 12.0. The van der Waals surface area contributed by atoms with Gasteiger partial charge in [0.1, 0.15) is 0 Å². The first kappa shape index (κ1) is 32.3. The van der Waals surface area contributed by atoms with Crippen LogP contribution in [0, 0.1) is 0 Å². The van der Waals surface area contributed by atoms with E-state index in [0.29, 0.717) is 0 Å². The maximum absolute atomic E-state index is 5.46. The number of para-hydroxylation sites is 2. The van der Waals surface area contributed by atoms with Crippen LogP contribution in [0.25, 0.3) is 86.4 Å². The summed E-state index contributed by atoms with van der Waals surface area (Å²) in [6.07, 6.45) is 0. The van der Waals surface area contributed by atoms with Crippen LogP contribution in [0.1, 0.15) is 0 Å². The lowest BCUT2D eigenvalue weighted by atomic mass is 9.94. The van der Waals surface area contributed by atoms with Crippen LogP contribution in [0.3, 0.4) is 0 Å². The van der Waals surface area contributed by atoms with Crippen LogP contribution >= 0.6 is 11.3 Å². The highest BCUT2D eigenvalue weighted by Gasteiger charge is 2.21. The Morgan fingerprint density at radius 1 is 0.411 bits per heavy atom. The van der Waals surface area contributed by atoms with Crippen LogP contribution in [-0.2, 0) is 0 Å². The Bertz CT molecular complexity index is 3190. The molecule has 0 saturated heterocycles. The Morgan fingerprint density at radius 2 is 1.00 bits per heavy atom. The Hall–Kier alpha value is -7.14. The number of hydrogen-bond acceptors (Lipinski definition) is 4. The topological polar surface area (TPSA) is 29.0 Å². The van der Waals surface area contributed by atoms with E-state index in [-0.39, 0.29) is 0 Å². The average molecular weight is 732 g/mol. The molecule has 11 rings (SSSR count). The molecule has 0 atom stereocenters. The number of aromatic nitrogens is 2. The molecule has 0 amide bonds. The lowest BCUT2D eigenvalue weighted by Crippen LogP contribution is -2.09. The molecule has 2 aromatic heterocycles. The fourth-order valence-electron chi connectivity index (χ4n) is 8.24. The molecule has 0 saturated carbocycles. The van der Waals surface area contributed by atoms with E-state index in [1.165, 1.54) is 47.8 Å². The highest BCUT2D eigenvalue weighted by atomic mass is 32.1. The van der Waals surface area contributed by atoms with Crippen molar-refractivity contribution in [2.45, 2.75) is 0 Å². The first-order valence-corrected chi connectivity index (χ1v) is 19.7. The van der Waals surface area contributed by atoms with E-state index in [1.54, 1.807) is 0 Å². The van der Waals surface area contributed by atoms with Crippen molar-refractivity contribution in [3.05, 3.63) is 200 Å². The summed E-state index contributed by atoms with van der Waals surface area (Å²) in [6, 6.07) is 71.3. The van der Waals surface area contributed by atoms with Gasteiger partial charge in [0, 0.05) is 43.4 Å². The van der Waals surface area contributed by atoms with E-state index in [1.807, 2.05) is 23.5 Å². The smallest absolute Gasteiger partial charge is 0.0979 e. The first-order chi connectivity index (χ1) is 27.8. The Morgan fingerprint density at radius 3 is 1.70 bits per heavy atom. The summed E-state index contributed by atoms with van der Waals surface area (Å²) in [4.78, 5) is 13.1. The summed E-state index contributed by atoms with van der Waals surface area (Å²) < 4.78 is 2.54. The molecule has 0 aliphatic heterocycles. The molecular weight excluding hydrogens is 699 g/mol. The van der Waals surface area contributed by atoms with Gasteiger partial charge in [-0.05, 0) is 75.8 Å². The van der Waals surface area contributed by atoms with Gasteiger partial charge in [0.05, 0.1) is 32.8 Å². The van der Waals surface area contributed by atoms with Crippen molar-refractivity contribution in [2.75, 3.05) is 4.90 Å². The zero-order valence-corrected chi connectivity index (χ0v) is 31.1. The maximum Gasteiger partial charge on any atom is 0.0979 e. The molecule has 9 aromatic carbocycles. The van der Waals surface area contributed by atoms with Crippen molar-refractivity contribution in [1.29, 1.82) is 0 Å².